The van der Waals surface area contributed by atoms with Gasteiger partial charge in [0.15, 0.2) is 0 Å². The fraction of sp³-hybridized carbons (Fsp3) is 0.462. The molecule has 0 radical (unpaired) electrons. The summed E-state index contributed by atoms with van der Waals surface area (Å²) in [6.45, 7) is 2.20. The van der Waals surface area contributed by atoms with Crippen LogP contribution in [-0.4, -0.2) is 29.0 Å². The summed E-state index contributed by atoms with van der Waals surface area (Å²) in [5, 5.41) is 0. The lowest BCUT2D eigenvalue weighted by Crippen LogP contribution is -2.40. The summed E-state index contributed by atoms with van der Waals surface area (Å²) in [7, 11) is 0. The maximum absolute atomic E-state index is 5.75. The lowest BCUT2D eigenvalue weighted by Gasteiger charge is -2.23. The summed E-state index contributed by atoms with van der Waals surface area (Å²) < 4.78 is 0. The van der Waals surface area contributed by atoms with Crippen LogP contribution in [0.3, 0.4) is 0 Å². The van der Waals surface area contributed by atoms with Gasteiger partial charge in [-0.2, -0.15) is 0 Å². The molecule has 1 unspecified atom stereocenters. The monoisotopic (exact) mass is 234 g/mol. The van der Waals surface area contributed by atoms with E-state index in [9.17, 15) is 0 Å². The van der Waals surface area contributed by atoms with E-state index in [1.54, 1.807) is 0 Å². The van der Waals surface area contributed by atoms with Crippen molar-refractivity contribution in [3.63, 3.8) is 0 Å². The van der Waals surface area contributed by atoms with Gasteiger partial charge in [-0.3, -0.25) is 4.90 Å². The molecule has 86 valence electrons. The summed E-state index contributed by atoms with van der Waals surface area (Å²) in [4.78, 5) is 3.07. The van der Waals surface area contributed by atoms with Crippen molar-refractivity contribution in [2.24, 2.45) is 5.73 Å². The van der Waals surface area contributed by atoms with Crippen LogP contribution in [0.5, 0.6) is 0 Å². The van der Waals surface area contributed by atoms with E-state index in [2.05, 4.69) is 35.2 Å². The molecule has 0 bridgehead atoms. The Morgan fingerprint density at radius 3 is 2.81 bits per heavy atom. The number of thiocarbonyl (C=S) groups is 1. The third kappa shape index (κ3) is 2.80. The van der Waals surface area contributed by atoms with E-state index in [1.165, 1.54) is 12.0 Å². The topological polar surface area (TPSA) is 29.3 Å². The molecule has 0 saturated carbocycles. The molecule has 1 fully saturated rings. The molecule has 2 rings (SSSR count). The number of rotatable bonds is 4. The summed E-state index contributed by atoms with van der Waals surface area (Å²) in [6.07, 6.45) is 3.43. The first-order valence-corrected chi connectivity index (χ1v) is 6.25. The Balaban J connectivity index is 1.88. The molecule has 1 atom stereocenters. The van der Waals surface area contributed by atoms with Crippen molar-refractivity contribution in [2.45, 2.75) is 25.3 Å². The fourth-order valence-corrected chi connectivity index (χ4v) is 2.60. The Kier molecular flexibility index (Phi) is 3.91. The molecule has 1 heterocycles. The molecule has 1 saturated heterocycles. The Bertz CT molecular complexity index is 350. The lowest BCUT2D eigenvalue weighted by atomic mass is 10.1. The zero-order chi connectivity index (χ0) is 11.4. The van der Waals surface area contributed by atoms with Crippen molar-refractivity contribution >= 4 is 17.2 Å². The van der Waals surface area contributed by atoms with E-state index >= 15 is 0 Å². The van der Waals surface area contributed by atoms with Gasteiger partial charge in [0.1, 0.15) is 0 Å². The highest BCUT2D eigenvalue weighted by atomic mass is 32.1. The number of nitrogens with two attached hydrogens (primary N) is 1. The predicted octanol–water partition coefficient (Wildman–Crippen LogP) is 1.98. The number of benzene rings is 1. The van der Waals surface area contributed by atoms with E-state index in [0.717, 1.165) is 25.9 Å². The number of likely N-dealkylation sites (tertiary alicyclic amines) is 1. The van der Waals surface area contributed by atoms with Gasteiger partial charge in [0.05, 0.1) is 11.0 Å². The van der Waals surface area contributed by atoms with E-state index in [1.807, 2.05) is 0 Å². The molecule has 1 aliphatic heterocycles. The molecule has 2 nitrogen and oxygen atoms in total. The minimum atomic E-state index is 0.332. The molecule has 2 N–H and O–H groups in total. The van der Waals surface area contributed by atoms with E-state index in [0.29, 0.717) is 11.0 Å². The lowest BCUT2D eigenvalue weighted by molar-refractivity contribution is 0.307. The standard InChI is InChI=1S/C13H18N2S/c14-13(16)12-7-4-9-15(12)10-8-11-5-2-1-3-6-11/h1-3,5-6,12H,4,7-10H2,(H2,14,16). The van der Waals surface area contributed by atoms with Crippen molar-refractivity contribution in [2.75, 3.05) is 13.1 Å². The van der Waals surface area contributed by atoms with Gasteiger partial charge in [-0.25, -0.2) is 0 Å². The van der Waals surface area contributed by atoms with Gasteiger partial charge >= 0.3 is 0 Å². The van der Waals surface area contributed by atoms with Gasteiger partial charge in [-0.1, -0.05) is 42.5 Å². The summed E-state index contributed by atoms with van der Waals surface area (Å²) in [5.41, 5.74) is 7.13. The minimum Gasteiger partial charge on any atom is -0.392 e. The number of hydrogen-bond acceptors (Lipinski definition) is 2. The van der Waals surface area contributed by atoms with Crippen molar-refractivity contribution in [3.8, 4) is 0 Å². The summed E-state index contributed by atoms with van der Waals surface area (Å²) >= 11 is 5.10. The van der Waals surface area contributed by atoms with E-state index in [4.69, 9.17) is 18.0 Å². The van der Waals surface area contributed by atoms with Crippen LogP contribution in [0.15, 0.2) is 30.3 Å². The zero-order valence-corrected chi connectivity index (χ0v) is 10.2. The highest BCUT2D eigenvalue weighted by Gasteiger charge is 2.25. The van der Waals surface area contributed by atoms with Gasteiger partial charge in [0, 0.05) is 6.54 Å². The van der Waals surface area contributed by atoms with Crippen LogP contribution in [0.2, 0.25) is 0 Å². The van der Waals surface area contributed by atoms with Crippen LogP contribution >= 0.6 is 12.2 Å². The molecular weight excluding hydrogens is 216 g/mol. The summed E-state index contributed by atoms with van der Waals surface area (Å²) in [5.74, 6) is 0. The van der Waals surface area contributed by atoms with Crippen molar-refractivity contribution in [1.82, 2.24) is 4.90 Å². The molecule has 1 aliphatic rings. The molecule has 0 aromatic heterocycles. The molecule has 16 heavy (non-hydrogen) atoms. The molecule has 1 aromatic rings. The third-order valence-electron chi connectivity index (χ3n) is 3.22. The van der Waals surface area contributed by atoms with Crippen LogP contribution in [-0.2, 0) is 6.42 Å². The first-order valence-electron chi connectivity index (χ1n) is 5.84. The fourth-order valence-electron chi connectivity index (χ4n) is 2.33. The first kappa shape index (κ1) is 11.6. The molecule has 3 heteroatoms. The SMILES string of the molecule is NC(=S)C1CCCN1CCc1ccccc1. The van der Waals surface area contributed by atoms with Gasteiger partial charge in [-0.05, 0) is 31.4 Å². The Morgan fingerprint density at radius 1 is 1.38 bits per heavy atom. The average Bonchev–Trinajstić information content (AvgIpc) is 2.76. The van der Waals surface area contributed by atoms with Crippen LogP contribution in [0.4, 0.5) is 0 Å². The third-order valence-corrected chi connectivity index (χ3v) is 3.49. The quantitative estimate of drug-likeness (QED) is 0.808. The van der Waals surface area contributed by atoms with Crippen molar-refractivity contribution in [3.05, 3.63) is 35.9 Å². The smallest absolute Gasteiger partial charge is 0.0902 e. The van der Waals surface area contributed by atoms with Gasteiger partial charge in [0.2, 0.25) is 0 Å². The highest BCUT2D eigenvalue weighted by Crippen LogP contribution is 2.17. The Hall–Kier alpha value is -0.930. The molecule has 0 amide bonds. The van der Waals surface area contributed by atoms with Crippen molar-refractivity contribution in [1.29, 1.82) is 0 Å². The van der Waals surface area contributed by atoms with E-state index < -0.39 is 0 Å². The number of nitrogens with zero attached hydrogens (tertiary/aromatic N) is 1. The van der Waals surface area contributed by atoms with E-state index in [-0.39, 0.29) is 0 Å². The minimum absolute atomic E-state index is 0.332. The second-order valence-corrected chi connectivity index (χ2v) is 4.80. The maximum atomic E-state index is 5.75. The average molecular weight is 234 g/mol. The maximum Gasteiger partial charge on any atom is 0.0902 e. The summed E-state index contributed by atoms with van der Waals surface area (Å²) in [6, 6.07) is 10.9. The zero-order valence-electron chi connectivity index (χ0n) is 9.43. The Labute approximate surface area is 102 Å². The second kappa shape index (κ2) is 5.41. The first-order chi connectivity index (χ1) is 7.77. The Morgan fingerprint density at radius 2 is 2.12 bits per heavy atom. The molecule has 1 aromatic carbocycles. The predicted molar refractivity (Wildman–Crippen MR) is 71.5 cm³/mol. The number of hydrogen-bond donors (Lipinski definition) is 1. The van der Waals surface area contributed by atoms with Crippen LogP contribution in [0, 0.1) is 0 Å². The van der Waals surface area contributed by atoms with Gasteiger partial charge in [-0.15, -0.1) is 0 Å². The van der Waals surface area contributed by atoms with Gasteiger partial charge in [0.25, 0.3) is 0 Å². The molecule has 0 aliphatic carbocycles. The van der Waals surface area contributed by atoms with Gasteiger partial charge < -0.3 is 5.73 Å². The largest absolute Gasteiger partial charge is 0.392 e. The van der Waals surface area contributed by atoms with Crippen LogP contribution in [0.25, 0.3) is 0 Å². The second-order valence-electron chi connectivity index (χ2n) is 4.33. The molecular formula is C13H18N2S. The van der Waals surface area contributed by atoms with Crippen molar-refractivity contribution < 1.29 is 0 Å². The van der Waals surface area contributed by atoms with Crippen LogP contribution in [0.1, 0.15) is 18.4 Å². The van der Waals surface area contributed by atoms with Crippen LogP contribution < -0.4 is 5.73 Å². The normalized spacial score (nSPS) is 21.1. The highest BCUT2D eigenvalue weighted by molar-refractivity contribution is 7.80. The molecule has 0 spiro atoms.